The number of benzene rings is 2. The van der Waals surface area contributed by atoms with E-state index in [-0.39, 0.29) is 12.5 Å². The van der Waals surface area contributed by atoms with Crippen molar-refractivity contribution in [2.45, 2.75) is 38.8 Å². The van der Waals surface area contributed by atoms with E-state index >= 15 is 0 Å². The summed E-state index contributed by atoms with van der Waals surface area (Å²) in [6.45, 7) is 3.92. The third-order valence-electron chi connectivity index (χ3n) is 5.24. The van der Waals surface area contributed by atoms with Gasteiger partial charge in [-0.15, -0.1) is 0 Å². The molecule has 0 aliphatic carbocycles. The highest BCUT2D eigenvalue weighted by Gasteiger charge is 2.49. The maximum absolute atomic E-state index is 13.1. The van der Waals surface area contributed by atoms with Gasteiger partial charge in [-0.1, -0.05) is 55.8 Å². The Morgan fingerprint density at radius 1 is 1.07 bits per heavy atom. The molecule has 29 heavy (non-hydrogen) atoms. The molecule has 3 amide bonds. The van der Waals surface area contributed by atoms with Crippen LogP contribution in [0.25, 0.3) is 11.5 Å². The normalized spacial score (nSPS) is 18.9. The van der Waals surface area contributed by atoms with E-state index in [1.807, 2.05) is 54.6 Å². The maximum atomic E-state index is 13.1. The summed E-state index contributed by atoms with van der Waals surface area (Å²) in [4.78, 5) is 31.3. The van der Waals surface area contributed by atoms with Gasteiger partial charge in [0.1, 0.15) is 11.8 Å². The van der Waals surface area contributed by atoms with Crippen molar-refractivity contribution in [3.8, 4) is 11.5 Å². The van der Waals surface area contributed by atoms with E-state index in [1.165, 1.54) is 16.7 Å². The smallest absolute Gasteiger partial charge is 0.325 e. The van der Waals surface area contributed by atoms with Crippen molar-refractivity contribution in [3.63, 3.8) is 0 Å². The molecule has 1 aliphatic heterocycles. The van der Waals surface area contributed by atoms with Crippen LogP contribution in [0.2, 0.25) is 0 Å². The summed E-state index contributed by atoms with van der Waals surface area (Å²) in [5.41, 5.74) is 2.25. The summed E-state index contributed by atoms with van der Waals surface area (Å²) in [6.07, 6.45) is 3.53. The summed E-state index contributed by atoms with van der Waals surface area (Å²) < 4.78 is 5.52. The number of hydrogen-bond donors (Lipinski definition) is 1. The number of nitrogens with one attached hydrogen (secondary N) is 1. The predicted octanol–water partition coefficient (Wildman–Crippen LogP) is 4.26. The van der Waals surface area contributed by atoms with E-state index in [9.17, 15) is 9.59 Å². The minimum absolute atomic E-state index is 0.0600. The molecule has 2 aromatic carbocycles. The molecule has 1 aromatic heterocycles. The monoisotopic (exact) mass is 389 g/mol. The lowest BCUT2D eigenvalue weighted by Crippen LogP contribution is -2.40. The van der Waals surface area contributed by atoms with Gasteiger partial charge >= 0.3 is 6.03 Å². The van der Waals surface area contributed by atoms with Gasteiger partial charge < -0.3 is 9.73 Å². The van der Waals surface area contributed by atoms with Crippen molar-refractivity contribution in [3.05, 3.63) is 77.7 Å². The number of carbonyl (C=O) groups is 2. The highest BCUT2D eigenvalue weighted by molar-refractivity contribution is 6.07. The zero-order valence-electron chi connectivity index (χ0n) is 16.5. The first-order valence-corrected chi connectivity index (χ1v) is 9.74. The largest absolute Gasteiger partial charge is 0.444 e. The highest BCUT2D eigenvalue weighted by atomic mass is 16.3. The Morgan fingerprint density at radius 3 is 2.48 bits per heavy atom. The number of oxazole rings is 1. The number of aromatic nitrogens is 1. The Kier molecular flexibility index (Phi) is 4.92. The molecule has 2 heterocycles. The summed E-state index contributed by atoms with van der Waals surface area (Å²) in [6, 6.07) is 16.9. The van der Waals surface area contributed by atoms with Crippen LogP contribution in [-0.2, 0) is 23.3 Å². The van der Waals surface area contributed by atoms with Crippen LogP contribution in [0.3, 0.4) is 0 Å². The molecule has 1 aliphatic rings. The average Bonchev–Trinajstić information content (AvgIpc) is 3.29. The van der Waals surface area contributed by atoms with Gasteiger partial charge in [0.15, 0.2) is 0 Å². The van der Waals surface area contributed by atoms with Crippen molar-refractivity contribution in [1.29, 1.82) is 0 Å². The van der Waals surface area contributed by atoms with Gasteiger partial charge in [-0.2, -0.15) is 0 Å². The summed E-state index contributed by atoms with van der Waals surface area (Å²) in [5, 5.41) is 2.84. The quantitative estimate of drug-likeness (QED) is 0.639. The Bertz CT molecular complexity index is 1030. The number of hydrogen-bond acceptors (Lipinski definition) is 4. The molecule has 0 bridgehead atoms. The highest BCUT2D eigenvalue weighted by Crippen LogP contribution is 2.30. The molecule has 0 radical (unpaired) electrons. The lowest BCUT2D eigenvalue weighted by atomic mass is 9.91. The van der Waals surface area contributed by atoms with Crippen molar-refractivity contribution in [1.82, 2.24) is 15.2 Å². The van der Waals surface area contributed by atoms with Crippen LogP contribution in [0, 0.1) is 0 Å². The van der Waals surface area contributed by atoms with Crippen LogP contribution in [0.15, 0.2) is 65.3 Å². The fourth-order valence-electron chi connectivity index (χ4n) is 3.58. The Labute approximate surface area is 169 Å². The lowest BCUT2D eigenvalue weighted by molar-refractivity contribution is -0.131. The van der Waals surface area contributed by atoms with Crippen molar-refractivity contribution >= 4 is 11.9 Å². The molecular formula is C23H23N3O3. The molecule has 0 spiro atoms. The molecule has 1 fully saturated rings. The lowest BCUT2D eigenvalue weighted by Gasteiger charge is -2.22. The van der Waals surface area contributed by atoms with Gasteiger partial charge in [0.2, 0.25) is 5.89 Å². The van der Waals surface area contributed by atoms with E-state index in [1.54, 1.807) is 6.92 Å². The molecule has 148 valence electrons. The SMILES string of the molecule is CCCc1ccc(C2(C)NC(=O)N(Cc3coc(-c4ccccc4)n3)C2=O)cc1. The van der Waals surface area contributed by atoms with Gasteiger partial charge in [0, 0.05) is 5.56 Å². The zero-order valence-corrected chi connectivity index (χ0v) is 16.5. The summed E-state index contributed by atoms with van der Waals surface area (Å²) >= 11 is 0. The van der Waals surface area contributed by atoms with Crippen LogP contribution in [0.1, 0.15) is 37.1 Å². The Hall–Kier alpha value is -3.41. The molecule has 6 nitrogen and oxygen atoms in total. The molecule has 6 heteroatoms. The van der Waals surface area contributed by atoms with E-state index in [4.69, 9.17) is 4.42 Å². The number of carbonyl (C=O) groups excluding carboxylic acids is 2. The molecule has 3 aromatic rings. The van der Waals surface area contributed by atoms with Crippen LogP contribution in [-0.4, -0.2) is 21.8 Å². The van der Waals surface area contributed by atoms with Crippen LogP contribution >= 0.6 is 0 Å². The minimum Gasteiger partial charge on any atom is -0.444 e. The third-order valence-corrected chi connectivity index (χ3v) is 5.24. The number of amides is 3. The molecule has 1 unspecified atom stereocenters. The second-order valence-corrected chi connectivity index (χ2v) is 7.40. The molecule has 0 saturated carbocycles. The maximum Gasteiger partial charge on any atom is 0.325 e. The number of aryl methyl sites for hydroxylation is 1. The topological polar surface area (TPSA) is 75.4 Å². The van der Waals surface area contributed by atoms with Crippen molar-refractivity contribution < 1.29 is 14.0 Å². The van der Waals surface area contributed by atoms with Crippen molar-refractivity contribution in [2.75, 3.05) is 0 Å². The Balaban J connectivity index is 1.53. The van der Waals surface area contributed by atoms with Gasteiger partial charge in [0.25, 0.3) is 5.91 Å². The van der Waals surface area contributed by atoms with Gasteiger partial charge in [-0.05, 0) is 36.6 Å². The van der Waals surface area contributed by atoms with E-state index < -0.39 is 11.6 Å². The standard InChI is InChI=1S/C23H23N3O3/c1-3-7-16-10-12-18(13-11-16)23(2)21(27)26(22(28)25-23)14-19-15-29-20(24-19)17-8-5-4-6-9-17/h4-6,8-13,15H,3,7,14H2,1-2H3,(H,25,28). The number of rotatable bonds is 6. The second-order valence-electron chi connectivity index (χ2n) is 7.40. The minimum atomic E-state index is -1.09. The predicted molar refractivity (Wildman–Crippen MR) is 109 cm³/mol. The summed E-state index contributed by atoms with van der Waals surface area (Å²) in [5.74, 6) is 0.164. The molecule has 1 N–H and O–H groups in total. The molecule has 1 atom stereocenters. The van der Waals surface area contributed by atoms with Crippen LogP contribution < -0.4 is 5.32 Å². The molecular weight excluding hydrogens is 366 g/mol. The second kappa shape index (κ2) is 7.54. The van der Waals surface area contributed by atoms with E-state index in [0.717, 1.165) is 24.0 Å². The third kappa shape index (κ3) is 3.53. The van der Waals surface area contributed by atoms with Crippen LogP contribution in [0.5, 0.6) is 0 Å². The van der Waals surface area contributed by atoms with Crippen molar-refractivity contribution in [2.24, 2.45) is 0 Å². The molecule has 4 rings (SSSR count). The Morgan fingerprint density at radius 2 is 1.79 bits per heavy atom. The van der Waals surface area contributed by atoms with Gasteiger partial charge in [-0.25, -0.2) is 9.78 Å². The van der Waals surface area contributed by atoms with Gasteiger partial charge in [-0.3, -0.25) is 9.69 Å². The first-order chi connectivity index (χ1) is 14.0. The van der Waals surface area contributed by atoms with Crippen LogP contribution in [0.4, 0.5) is 4.79 Å². The first kappa shape index (κ1) is 18.9. The van der Waals surface area contributed by atoms with Gasteiger partial charge in [0.05, 0.1) is 12.2 Å². The first-order valence-electron chi connectivity index (χ1n) is 9.74. The summed E-state index contributed by atoms with van der Waals surface area (Å²) in [7, 11) is 0. The average molecular weight is 389 g/mol. The fraction of sp³-hybridized carbons (Fsp3) is 0.261. The zero-order chi connectivity index (χ0) is 20.4. The van der Waals surface area contributed by atoms with E-state index in [0.29, 0.717) is 11.6 Å². The number of urea groups is 1. The fourth-order valence-corrected chi connectivity index (χ4v) is 3.58. The van der Waals surface area contributed by atoms with E-state index in [2.05, 4.69) is 17.2 Å². The molecule has 1 saturated heterocycles. The number of imide groups is 1. The number of nitrogens with zero attached hydrogens (tertiary/aromatic N) is 2.